The van der Waals surface area contributed by atoms with Crippen molar-refractivity contribution in [3.63, 3.8) is 0 Å². The number of amides is 1. The van der Waals surface area contributed by atoms with Crippen LogP contribution in [0.3, 0.4) is 0 Å². The quantitative estimate of drug-likeness (QED) is 0.839. The van der Waals surface area contributed by atoms with Crippen molar-refractivity contribution in [3.05, 3.63) is 0 Å². The van der Waals surface area contributed by atoms with E-state index in [1.54, 1.807) is 6.92 Å². The van der Waals surface area contributed by atoms with Gasteiger partial charge in [-0.05, 0) is 38.8 Å². The Balaban J connectivity index is 2.84. The molecule has 0 spiro atoms. The van der Waals surface area contributed by atoms with Crippen LogP contribution >= 0.6 is 0 Å². The summed E-state index contributed by atoms with van der Waals surface area (Å²) < 4.78 is 37.7. The van der Waals surface area contributed by atoms with Gasteiger partial charge in [-0.3, -0.25) is 4.79 Å². The Morgan fingerprint density at radius 1 is 1.26 bits per heavy atom. The second-order valence-corrected chi connectivity index (χ2v) is 5.23. The largest absolute Gasteiger partial charge is 0.406 e. The third kappa shape index (κ3) is 4.37. The maximum atomic E-state index is 12.6. The molecule has 1 amide bonds. The van der Waals surface area contributed by atoms with Crippen LogP contribution < -0.4 is 5.32 Å². The summed E-state index contributed by atoms with van der Waals surface area (Å²) in [6.07, 6.45) is -1.93. The Morgan fingerprint density at radius 2 is 1.84 bits per heavy atom. The van der Waals surface area contributed by atoms with Gasteiger partial charge >= 0.3 is 6.18 Å². The Labute approximate surface area is 112 Å². The van der Waals surface area contributed by atoms with E-state index in [2.05, 4.69) is 5.32 Å². The van der Waals surface area contributed by atoms with Crippen LogP contribution in [0.15, 0.2) is 0 Å². The summed E-state index contributed by atoms with van der Waals surface area (Å²) in [6.45, 7) is 4.12. The maximum absolute atomic E-state index is 12.6. The topological polar surface area (TPSA) is 32.3 Å². The van der Waals surface area contributed by atoms with Crippen molar-refractivity contribution >= 4 is 5.91 Å². The maximum Gasteiger partial charge on any atom is 0.406 e. The smallest absolute Gasteiger partial charge is 0.333 e. The van der Waals surface area contributed by atoms with Crippen LogP contribution in [0, 0.1) is 5.41 Å². The molecule has 1 aliphatic heterocycles. The number of rotatable bonds is 5. The van der Waals surface area contributed by atoms with Gasteiger partial charge in [0.2, 0.25) is 5.91 Å². The molecule has 0 unspecified atom stereocenters. The summed E-state index contributed by atoms with van der Waals surface area (Å²) in [7, 11) is 0. The van der Waals surface area contributed by atoms with Crippen LogP contribution in [-0.4, -0.2) is 43.2 Å². The van der Waals surface area contributed by atoms with Crippen LogP contribution in [0.1, 0.15) is 39.5 Å². The summed E-state index contributed by atoms with van der Waals surface area (Å²) in [5.41, 5.74) is -0.605. The van der Waals surface area contributed by atoms with Crippen molar-refractivity contribution in [2.75, 3.05) is 26.2 Å². The van der Waals surface area contributed by atoms with Crippen molar-refractivity contribution in [1.29, 1.82) is 0 Å². The minimum absolute atomic E-state index is 0.174. The molecule has 0 saturated carbocycles. The van der Waals surface area contributed by atoms with Crippen LogP contribution in [0.4, 0.5) is 13.2 Å². The molecular formula is C13H23F3N2O. The van der Waals surface area contributed by atoms with E-state index in [-0.39, 0.29) is 12.5 Å². The summed E-state index contributed by atoms with van der Waals surface area (Å²) in [6, 6.07) is 0. The molecule has 0 aromatic heterocycles. The molecule has 0 atom stereocenters. The molecule has 1 heterocycles. The highest BCUT2D eigenvalue weighted by Gasteiger charge is 2.43. The highest BCUT2D eigenvalue weighted by atomic mass is 19.4. The van der Waals surface area contributed by atoms with Gasteiger partial charge in [0.05, 0.1) is 5.41 Å². The molecule has 1 saturated heterocycles. The normalized spacial score (nSPS) is 19.2. The third-order valence-corrected chi connectivity index (χ3v) is 3.84. The van der Waals surface area contributed by atoms with Gasteiger partial charge in [-0.25, -0.2) is 0 Å². The molecule has 19 heavy (non-hydrogen) atoms. The number of carbonyl (C=O) groups excluding carboxylic acids is 1. The zero-order valence-electron chi connectivity index (χ0n) is 11.6. The van der Waals surface area contributed by atoms with E-state index in [0.717, 1.165) is 4.90 Å². The minimum atomic E-state index is -4.33. The van der Waals surface area contributed by atoms with E-state index in [1.807, 2.05) is 6.92 Å². The summed E-state index contributed by atoms with van der Waals surface area (Å²) >= 11 is 0. The zero-order valence-corrected chi connectivity index (χ0v) is 11.6. The van der Waals surface area contributed by atoms with Gasteiger partial charge in [0.1, 0.15) is 6.54 Å². The molecule has 6 heteroatoms. The van der Waals surface area contributed by atoms with Crippen molar-refractivity contribution in [1.82, 2.24) is 10.2 Å². The Hall–Kier alpha value is -0.780. The molecule has 1 N–H and O–H groups in total. The van der Waals surface area contributed by atoms with E-state index < -0.39 is 18.1 Å². The minimum Gasteiger partial charge on any atom is -0.333 e. The molecule has 0 aromatic rings. The number of nitrogens with one attached hydrogen (secondary N) is 1. The molecular weight excluding hydrogens is 257 g/mol. The second-order valence-electron chi connectivity index (χ2n) is 5.23. The first kappa shape index (κ1) is 16.3. The van der Waals surface area contributed by atoms with E-state index >= 15 is 0 Å². The van der Waals surface area contributed by atoms with Gasteiger partial charge in [-0.1, -0.05) is 13.8 Å². The molecule has 1 fully saturated rings. The first-order valence-electron chi connectivity index (χ1n) is 6.91. The lowest BCUT2D eigenvalue weighted by Crippen LogP contribution is -2.51. The molecule has 1 rings (SSSR count). The van der Waals surface area contributed by atoms with E-state index in [4.69, 9.17) is 0 Å². The first-order valence-corrected chi connectivity index (χ1v) is 6.91. The molecule has 112 valence electrons. The Bertz CT molecular complexity index is 299. The lowest BCUT2D eigenvalue weighted by molar-refractivity contribution is -0.169. The number of halogens is 3. The molecule has 0 aromatic carbocycles. The lowest BCUT2D eigenvalue weighted by Gasteiger charge is -2.39. The summed E-state index contributed by atoms with van der Waals surface area (Å²) in [5, 5.41) is 3.15. The molecule has 0 bridgehead atoms. The van der Waals surface area contributed by atoms with Crippen LogP contribution in [0.5, 0.6) is 0 Å². The van der Waals surface area contributed by atoms with Crippen molar-refractivity contribution < 1.29 is 18.0 Å². The number of hydrogen-bond acceptors (Lipinski definition) is 2. The zero-order chi connectivity index (χ0) is 14.5. The van der Waals surface area contributed by atoms with Gasteiger partial charge in [0, 0.05) is 6.54 Å². The standard InChI is InChI=1S/C13H23F3N2O/c1-3-9-18(10-13(14,15)16)11(19)12(4-2)5-7-17-8-6-12/h17H,3-10H2,1-2H3. The highest BCUT2D eigenvalue weighted by molar-refractivity contribution is 5.83. The monoisotopic (exact) mass is 280 g/mol. The average molecular weight is 280 g/mol. The summed E-state index contributed by atoms with van der Waals surface area (Å²) in [5.74, 6) is -0.323. The number of carbonyl (C=O) groups is 1. The predicted octanol–water partition coefficient (Wildman–Crippen LogP) is 2.57. The Morgan fingerprint density at radius 3 is 2.26 bits per heavy atom. The van der Waals surface area contributed by atoms with Gasteiger partial charge in [0.15, 0.2) is 0 Å². The van der Waals surface area contributed by atoms with E-state index in [9.17, 15) is 18.0 Å². The average Bonchev–Trinajstić information content (AvgIpc) is 2.36. The number of nitrogens with zero attached hydrogens (tertiary/aromatic N) is 1. The third-order valence-electron chi connectivity index (χ3n) is 3.84. The van der Waals surface area contributed by atoms with Crippen LogP contribution in [0.2, 0.25) is 0 Å². The predicted molar refractivity (Wildman–Crippen MR) is 67.8 cm³/mol. The highest BCUT2D eigenvalue weighted by Crippen LogP contribution is 2.35. The van der Waals surface area contributed by atoms with E-state index in [0.29, 0.717) is 38.8 Å². The fourth-order valence-corrected chi connectivity index (χ4v) is 2.70. The summed E-state index contributed by atoms with van der Waals surface area (Å²) in [4.78, 5) is 13.5. The van der Waals surface area contributed by atoms with Gasteiger partial charge < -0.3 is 10.2 Å². The number of hydrogen-bond donors (Lipinski definition) is 1. The van der Waals surface area contributed by atoms with E-state index in [1.165, 1.54) is 0 Å². The molecule has 0 aliphatic carbocycles. The SMILES string of the molecule is CCCN(CC(F)(F)F)C(=O)C1(CC)CCNCC1. The van der Waals surface area contributed by atoms with Gasteiger partial charge in [-0.2, -0.15) is 13.2 Å². The molecule has 0 radical (unpaired) electrons. The van der Waals surface area contributed by atoms with Crippen LogP contribution in [0.25, 0.3) is 0 Å². The van der Waals surface area contributed by atoms with Crippen molar-refractivity contribution in [2.24, 2.45) is 5.41 Å². The number of piperidine rings is 1. The van der Waals surface area contributed by atoms with Crippen molar-refractivity contribution in [3.8, 4) is 0 Å². The van der Waals surface area contributed by atoms with Crippen LogP contribution in [-0.2, 0) is 4.79 Å². The second kappa shape index (κ2) is 6.59. The lowest BCUT2D eigenvalue weighted by atomic mass is 9.75. The first-order chi connectivity index (χ1) is 8.84. The fraction of sp³-hybridized carbons (Fsp3) is 0.923. The number of alkyl halides is 3. The fourth-order valence-electron chi connectivity index (χ4n) is 2.70. The Kier molecular flexibility index (Phi) is 5.64. The molecule has 3 nitrogen and oxygen atoms in total. The van der Waals surface area contributed by atoms with Crippen molar-refractivity contribution in [2.45, 2.75) is 45.7 Å². The van der Waals surface area contributed by atoms with Gasteiger partial charge in [0.25, 0.3) is 0 Å². The molecule has 1 aliphatic rings. The van der Waals surface area contributed by atoms with Gasteiger partial charge in [-0.15, -0.1) is 0 Å².